The summed E-state index contributed by atoms with van der Waals surface area (Å²) in [5, 5.41) is 6.96. The summed E-state index contributed by atoms with van der Waals surface area (Å²) in [5.74, 6) is 0. The van der Waals surface area contributed by atoms with Crippen molar-refractivity contribution < 1.29 is 0 Å². The van der Waals surface area contributed by atoms with Crippen molar-refractivity contribution in [2.45, 2.75) is 41.5 Å². The van der Waals surface area contributed by atoms with E-state index in [1.54, 1.807) is 6.08 Å². The number of aromatic nitrogens is 2. The Morgan fingerprint density at radius 3 is 2.13 bits per heavy atom. The van der Waals surface area contributed by atoms with Gasteiger partial charge < -0.3 is 0 Å². The van der Waals surface area contributed by atoms with Crippen molar-refractivity contribution in [3.05, 3.63) is 29.6 Å². The molecule has 2 heteroatoms. The molecule has 86 valence electrons. The van der Waals surface area contributed by atoms with Crippen LogP contribution in [0.5, 0.6) is 0 Å². The third-order valence-corrected chi connectivity index (χ3v) is 1.55. The molecule has 15 heavy (non-hydrogen) atoms. The van der Waals surface area contributed by atoms with Gasteiger partial charge in [-0.3, -0.25) is 5.10 Å². The largest absolute Gasteiger partial charge is 0.282 e. The molecule has 0 atom stereocenters. The van der Waals surface area contributed by atoms with Crippen molar-refractivity contribution >= 4 is 12.2 Å². The Morgan fingerprint density at radius 2 is 1.73 bits per heavy atom. The summed E-state index contributed by atoms with van der Waals surface area (Å²) in [6.45, 7) is 15.7. The van der Waals surface area contributed by atoms with Crippen molar-refractivity contribution in [2.24, 2.45) is 0 Å². The van der Waals surface area contributed by atoms with Crippen LogP contribution in [0.2, 0.25) is 0 Å². The van der Waals surface area contributed by atoms with Crippen molar-refractivity contribution in [3.8, 4) is 0 Å². The van der Waals surface area contributed by atoms with E-state index in [0.717, 1.165) is 17.0 Å². The number of aryl methyl sites for hydroxylation is 1. The van der Waals surface area contributed by atoms with Crippen LogP contribution < -0.4 is 0 Å². The Labute approximate surface area is 94.1 Å². The van der Waals surface area contributed by atoms with E-state index in [1.165, 1.54) is 0 Å². The smallest absolute Gasteiger partial charge is 0.0917 e. The minimum absolute atomic E-state index is 0.917. The minimum Gasteiger partial charge on any atom is -0.282 e. The highest BCUT2D eigenvalue weighted by atomic mass is 15.1. The number of rotatable bonds is 2. The van der Waals surface area contributed by atoms with Gasteiger partial charge in [0.2, 0.25) is 0 Å². The molecule has 1 heterocycles. The Hall–Kier alpha value is -1.31. The minimum atomic E-state index is 0.917. The zero-order chi connectivity index (χ0) is 12.3. The molecule has 0 aliphatic rings. The summed E-state index contributed by atoms with van der Waals surface area (Å²) in [4.78, 5) is 0. The van der Waals surface area contributed by atoms with E-state index >= 15 is 0 Å². The molecule has 2 nitrogen and oxygen atoms in total. The molecular weight excluding hydrogens is 184 g/mol. The summed E-state index contributed by atoms with van der Waals surface area (Å²) in [6.07, 6.45) is 5.76. The van der Waals surface area contributed by atoms with Crippen LogP contribution in [0.1, 0.15) is 51.6 Å². The summed E-state index contributed by atoms with van der Waals surface area (Å²) >= 11 is 0. The van der Waals surface area contributed by atoms with Gasteiger partial charge in [-0.25, -0.2) is 0 Å². The number of nitrogens with zero attached hydrogens (tertiary/aromatic N) is 1. The van der Waals surface area contributed by atoms with E-state index in [1.807, 2.05) is 53.7 Å². The topological polar surface area (TPSA) is 28.7 Å². The van der Waals surface area contributed by atoms with Gasteiger partial charge in [-0.2, -0.15) is 5.10 Å². The number of nitrogens with one attached hydrogen (secondary N) is 1. The lowest BCUT2D eigenvalue weighted by molar-refractivity contribution is 1.04. The Balaban J connectivity index is 0. The van der Waals surface area contributed by atoms with E-state index in [9.17, 15) is 0 Å². The van der Waals surface area contributed by atoms with E-state index in [4.69, 9.17) is 0 Å². The van der Waals surface area contributed by atoms with Crippen LogP contribution in [0, 0.1) is 6.92 Å². The van der Waals surface area contributed by atoms with Gasteiger partial charge >= 0.3 is 0 Å². The van der Waals surface area contributed by atoms with E-state index < -0.39 is 0 Å². The van der Waals surface area contributed by atoms with Gasteiger partial charge in [0.05, 0.1) is 5.69 Å². The first-order valence-electron chi connectivity index (χ1n) is 5.59. The molecule has 0 unspecified atom stereocenters. The molecule has 1 N–H and O–H groups in total. The maximum absolute atomic E-state index is 4.06. The van der Waals surface area contributed by atoms with Crippen LogP contribution >= 0.6 is 0 Å². The molecule has 0 aliphatic carbocycles. The second-order valence-electron chi connectivity index (χ2n) is 2.35. The lowest BCUT2D eigenvalue weighted by Gasteiger charge is -1.89. The fourth-order valence-corrected chi connectivity index (χ4v) is 0.989. The third kappa shape index (κ3) is 5.21. The maximum Gasteiger partial charge on any atom is 0.0917 e. The number of hydrogen-bond acceptors (Lipinski definition) is 1. The molecule has 1 aromatic rings. The molecule has 1 aromatic heterocycles. The van der Waals surface area contributed by atoms with Gasteiger partial charge in [-0.05, 0) is 19.9 Å². The van der Waals surface area contributed by atoms with E-state index in [2.05, 4.69) is 16.8 Å². The van der Waals surface area contributed by atoms with Gasteiger partial charge in [0.1, 0.15) is 0 Å². The van der Waals surface area contributed by atoms with Crippen LogP contribution in [0.3, 0.4) is 0 Å². The zero-order valence-corrected chi connectivity index (χ0v) is 10.9. The highest BCUT2D eigenvalue weighted by molar-refractivity contribution is 5.63. The lowest BCUT2D eigenvalue weighted by Crippen LogP contribution is -1.75. The SMILES string of the molecule is C=Cc1n[nH]c(C)c1/C=C\C.CC.CC. The van der Waals surface area contributed by atoms with Crippen LogP contribution in [0.4, 0.5) is 0 Å². The van der Waals surface area contributed by atoms with Crippen molar-refractivity contribution in [1.29, 1.82) is 0 Å². The Kier molecular flexibility index (Phi) is 11.6. The average molecular weight is 208 g/mol. The molecular formula is C13H24N2. The molecule has 0 bridgehead atoms. The first-order chi connectivity index (χ1) is 7.29. The average Bonchev–Trinajstić information content (AvgIpc) is 2.66. The van der Waals surface area contributed by atoms with E-state index in [0.29, 0.717) is 0 Å². The standard InChI is InChI=1S/C9H12N2.2C2H6/c1-4-6-8-7(3)10-11-9(8)5-2;2*1-2/h4-6H,2H2,1,3H3,(H,10,11);2*1-2H3/b6-4-;;. The van der Waals surface area contributed by atoms with Gasteiger partial charge in [-0.1, -0.05) is 46.4 Å². The first-order valence-corrected chi connectivity index (χ1v) is 5.59. The molecule has 1 rings (SSSR count). The summed E-state index contributed by atoms with van der Waals surface area (Å²) in [6, 6.07) is 0. The first kappa shape index (κ1) is 16.1. The summed E-state index contributed by atoms with van der Waals surface area (Å²) in [5.41, 5.74) is 3.13. The monoisotopic (exact) mass is 208 g/mol. The molecule has 0 aliphatic heterocycles. The van der Waals surface area contributed by atoms with Gasteiger partial charge in [0.15, 0.2) is 0 Å². The van der Waals surface area contributed by atoms with Crippen molar-refractivity contribution in [3.63, 3.8) is 0 Å². The molecule has 0 saturated carbocycles. The molecule has 0 spiro atoms. The number of aromatic amines is 1. The fourth-order valence-electron chi connectivity index (χ4n) is 0.989. The molecule has 0 fully saturated rings. The normalized spacial score (nSPS) is 8.67. The second-order valence-corrected chi connectivity index (χ2v) is 2.35. The molecule has 0 radical (unpaired) electrons. The van der Waals surface area contributed by atoms with Gasteiger partial charge in [-0.15, -0.1) is 0 Å². The van der Waals surface area contributed by atoms with E-state index in [-0.39, 0.29) is 0 Å². The van der Waals surface area contributed by atoms with Crippen LogP contribution in [-0.2, 0) is 0 Å². The fraction of sp³-hybridized carbons (Fsp3) is 0.462. The Morgan fingerprint density at radius 1 is 1.20 bits per heavy atom. The predicted molar refractivity (Wildman–Crippen MR) is 70.8 cm³/mol. The number of hydrogen-bond donors (Lipinski definition) is 1. The predicted octanol–water partition coefficient (Wildman–Crippen LogP) is 4.45. The zero-order valence-electron chi connectivity index (χ0n) is 10.9. The molecule has 0 saturated heterocycles. The van der Waals surface area contributed by atoms with Crippen molar-refractivity contribution in [2.75, 3.05) is 0 Å². The summed E-state index contributed by atoms with van der Waals surface area (Å²) < 4.78 is 0. The van der Waals surface area contributed by atoms with Gasteiger partial charge in [0.25, 0.3) is 0 Å². The van der Waals surface area contributed by atoms with Gasteiger partial charge in [0, 0.05) is 11.3 Å². The second kappa shape index (κ2) is 10.8. The molecule has 0 amide bonds. The molecule has 0 aromatic carbocycles. The lowest BCUT2D eigenvalue weighted by atomic mass is 10.2. The maximum atomic E-state index is 4.06. The van der Waals surface area contributed by atoms with Crippen LogP contribution in [0.15, 0.2) is 12.7 Å². The quantitative estimate of drug-likeness (QED) is 0.764. The highest BCUT2D eigenvalue weighted by Gasteiger charge is 2.01. The number of allylic oxidation sites excluding steroid dienone is 1. The third-order valence-electron chi connectivity index (χ3n) is 1.55. The highest BCUT2D eigenvalue weighted by Crippen LogP contribution is 2.12. The summed E-state index contributed by atoms with van der Waals surface area (Å²) in [7, 11) is 0. The number of H-pyrrole nitrogens is 1. The van der Waals surface area contributed by atoms with Crippen LogP contribution in [0.25, 0.3) is 12.2 Å². The van der Waals surface area contributed by atoms with Crippen molar-refractivity contribution in [1.82, 2.24) is 10.2 Å². The Bertz CT molecular complexity index is 283. The van der Waals surface area contributed by atoms with Crippen LogP contribution in [-0.4, -0.2) is 10.2 Å².